The fraction of sp³-hybridized carbons (Fsp3) is 0.263. The molecule has 0 saturated heterocycles. The maximum Gasteiger partial charge on any atom is 0.333 e. The molecule has 142 valence electrons. The van der Waals surface area contributed by atoms with Crippen LogP contribution in [0.5, 0.6) is 0 Å². The average Bonchev–Trinajstić information content (AvgIpc) is 2.59. The Balaban J connectivity index is 2.56. The summed E-state index contributed by atoms with van der Waals surface area (Å²) in [6, 6.07) is 0. The molecular formula is C19H18O8. The molecule has 3 N–H and O–H groups in total. The SMILES string of the molecule is C=C(C)C(=O)OC(C)C1(C(=O)O)C=CC2=C(C(=O)O)C(C(=O)O)C=CC2=C1. The van der Waals surface area contributed by atoms with E-state index in [1.165, 1.54) is 44.2 Å². The van der Waals surface area contributed by atoms with Gasteiger partial charge in [-0.2, -0.15) is 0 Å². The zero-order valence-electron chi connectivity index (χ0n) is 14.6. The zero-order chi connectivity index (χ0) is 20.5. The first-order valence-electron chi connectivity index (χ1n) is 7.92. The number of esters is 1. The Morgan fingerprint density at radius 1 is 1.19 bits per heavy atom. The van der Waals surface area contributed by atoms with Gasteiger partial charge in [-0.15, -0.1) is 0 Å². The van der Waals surface area contributed by atoms with E-state index in [-0.39, 0.29) is 22.3 Å². The van der Waals surface area contributed by atoms with E-state index in [9.17, 15) is 34.5 Å². The lowest BCUT2D eigenvalue weighted by molar-refractivity contribution is -0.157. The van der Waals surface area contributed by atoms with Crippen LogP contribution < -0.4 is 0 Å². The van der Waals surface area contributed by atoms with E-state index in [2.05, 4.69) is 6.58 Å². The second-order valence-electron chi connectivity index (χ2n) is 6.31. The third-order valence-corrected chi connectivity index (χ3v) is 4.47. The summed E-state index contributed by atoms with van der Waals surface area (Å²) in [6.07, 6.45) is 5.12. The van der Waals surface area contributed by atoms with Crippen LogP contribution in [-0.4, -0.2) is 45.3 Å². The van der Waals surface area contributed by atoms with E-state index in [0.29, 0.717) is 0 Å². The lowest BCUT2D eigenvalue weighted by Crippen LogP contribution is -2.42. The van der Waals surface area contributed by atoms with Crippen molar-refractivity contribution in [3.05, 3.63) is 59.3 Å². The topological polar surface area (TPSA) is 138 Å². The Morgan fingerprint density at radius 2 is 1.81 bits per heavy atom. The molecule has 2 rings (SSSR count). The van der Waals surface area contributed by atoms with E-state index in [0.717, 1.165) is 0 Å². The number of carbonyl (C=O) groups is 4. The van der Waals surface area contributed by atoms with Crippen LogP contribution in [0, 0.1) is 11.3 Å². The van der Waals surface area contributed by atoms with Crippen LogP contribution in [0.4, 0.5) is 0 Å². The molecule has 0 aromatic heterocycles. The van der Waals surface area contributed by atoms with E-state index in [4.69, 9.17) is 4.74 Å². The van der Waals surface area contributed by atoms with Crippen LogP contribution >= 0.6 is 0 Å². The monoisotopic (exact) mass is 374 g/mol. The van der Waals surface area contributed by atoms with Crippen LogP contribution in [0.15, 0.2) is 59.3 Å². The van der Waals surface area contributed by atoms with Gasteiger partial charge in [-0.05, 0) is 25.0 Å². The fourth-order valence-electron chi connectivity index (χ4n) is 2.92. The highest BCUT2D eigenvalue weighted by atomic mass is 16.5. The predicted molar refractivity (Wildman–Crippen MR) is 92.6 cm³/mol. The maximum absolute atomic E-state index is 12.0. The molecular weight excluding hydrogens is 356 g/mol. The van der Waals surface area contributed by atoms with Crippen LogP contribution in [0.1, 0.15) is 13.8 Å². The summed E-state index contributed by atoms with van der Waals surface area (Å²) in [6.45, 7) is 6.27. The lowest BCUT2D eigenvalue weighted by Gasteiger charge is -2.34. The Labute approximate surface area is 154 Å². The Bertz CT molecular complexity index is 870. The molecule has 3 unspecified atom stereocenters. The van der Waals surface area contributed by atoms with Gasteiger partial charge in [-0.1, -0.05) is 37.0 Å². The highest BCUT2D eigenvalue weighted by molar-refractivity contribution is 5.99. The van der Waals surface area contributed by atoms with Gasteiger partial charge < -0.3 is 20.1 Å². The van der Waals surface area contributed by atoms with Crippen molar-refractivity contribution in [3.8, 4) is 0 Å². The second-order valence-corrected chi connectivity index (χ2v) is 6.31. The quantitative estimate of drug-likeness (QED) is 0.472. The predicted octanol–water partition coefficient (Wildman–Crippen LogP) is 1.71. The molecule has 0 spiro atoms. The van der Waals surface area contributed by atoms with Crippen molar-refractivity contribution in [1.29, 1.82) is 0 Å². The van der Waals surface area contributed by atoms with Crippen molar-refractivity contribution < 1.29 is 39.2 Å². The summed E-state index contributed by atoms with van der Waals surface area (Å²) < 4.78 is 5.16. The number of carboxylic acid groups (broad SMARTS) is 3. The third-order valence-electron chi connectivity index (χ3n) is 4.47. The van der Waals surface area contributed by atoms with Gasteiger partial charge in [0.15, 0.2) is 0 Å². The molecule has 0 aromatic rings. The molecule has 0 amide bonds. The van der Waals surface area contributed by atoms with Crippen LogP contribution in [0.25, 0.3) is 0 Å². The largest absolute Gasteiger partial charge is 0.481 e. The van der Waals surface area contributed by atoms with Crippen LogP contribution in [0.3, 0.4) is 0 Å². The molecule has 27 heavy (non-hydrogen) atoms. The number of hydrogen-bond donors (Lipinski definition) is 3. The average molecular weight is 374 g/mol. The van der Waals surface area contributed by atoms with Gasteiger partial charge in [0.2, 0.25) is 0 Å². The van der Waals surface area contributed by atoms with Gasteiger partial charge in [0.1, 0.15) is 17.4 Å². The van der Waals surface area contributed by atoms with Crippen molar-refractivity contribution in [1.82, 2.24) is 0 Å². The summed E-state index contributed by atoms with van der Waals surface area (Å²) in [5.41, 5.74) is -1.67. The number of ether oxygens (including phenoxy) is 1. The van der Waals surface area contributed by atoms with Crippen molar-refractivity contribution in [2.24, 2.45) is 11.3 Å². The first-order valence-corrected chi connectivity index (χ1v) is 7.92. The molecule has 0 heterocycles. The molecule has 0 aliphatic heterocycles. The van der Waals surface area contributed by atoms with Crippen molar-refractivity contribution >= 4 is 23.9 Å². The summed E-state index contributed by atoms with van der Waals surface area (Å²) in [5, 5.41) is 28.4. The molecule has 0 fully saturated rings. The normalized spacial score (nSPS) is 24.5. The molecule has 0 aromatic carbocycles. The second kappa shape index (κ2) is 7.06. The van der Waals surface area contributed by atoms with Crippen LogP contribution in [0.2, 0.25) is 0 Å². The molecule has 3 atom stereocenters. The van der Waals surface area contributed by atoms with E-state index in [1.807, 2.05) is 0 Å². The molecule has 0 bridgehead atoms. The van der Waals surface area contributed by atoms with Crippen LogP contribution in [-0.2, 0) is 23.9 Å². The van der Waals surface area contributed by atoms with Gasteiger partial charge >= 0.3 is 23.9 Å². The van der Waals surface area contributed by atoms with Crippen molar-refractivity contribution in [2.75, 3.05) is 0 Å². The standard InChI is InChI=1S/C19H18O8/c1-9(2)17(24)27-10(3)19(18(25)26)7-6-12-11(8-19)4-5-13(15(20)21)14(12)16(22)23/h4-8,10,13H,1H2,2-3H3,(H,20,21)(H,22,23)(H,25,26). The van der Waals surface area contributed by atoms with E-state index in [1.54, 1.807) is 0 Å². The lowest BCUT2D eigenvalue weighted by atomic mass is 9.72. The molecule has 2 aliphatic carbocycles. The number of allylic oxidation sites excluding steroid dienone is 4. The summed E-state index contributed by atoms with van der Waals surface area (Å²) >= 11 is 0. The molecule has 8 heteroatoms. The molecule has 8 nitrogen and oxygen atoms in total. The number of rotatable bonds is 6. The zero-order valence-corrected chi connectivity index (χ0v) is 14.6. The van der Waals surface area contributed by atoms with E-state index >= 15 is 0 Å². The summed E-state index contributed by atoms with van der Waals surface area (Å²) in [7, 11) is 0. The first kappa shape index (κ1) is 19.9. The Hall–Kier alpha value is -3.42. The van der Waals surface area contributed by atoms with Gasteiger partial charge in [0.05, 0.1) is 5.57 Å². The molecule has 2 aliphatic rings. The van der Waals surface area contributed by atoms with E-state index < -0.39 is 41.3 Å². The highest BCUT2D eigenvalue weighted by Gasteiger charge is 2.45. The van der Waals surface area contributed by atoms with Gasteiger partial charge in [0.25, 0.3) is 0 Å². The van der Waals surface area contributed by atoms with Crippen molar-refractivity contribution in [2.45, 2.75) is 20.0 Å². The van der Waals surface area contributed by atoms with Crippen molar-refractivity contribution in [3.63, 3.8) is 0 Å². The number of carboxylic acids is 3. The van der Waals surface area contributed by atoms with Gasteiger partial charge in [-0.25, -0.2) is 9.59 Å². The number of aliphatic carboxylic acids is 3. The Kier molecular flexibility index (Phi) is 5.21. The molecule has 0 saturated carbocycles. The minimum Gasteiger partial charge on any atom is -0.481 e. The smallest absolute Gasteiger partial charge is 0.333 e. The van der Waals surface area contributed by atoms with Gasteiger partial charge in [-0.3, -0.25) is 9.59 Å². The number of fused-ring (bicyclic) bond motifs is 1. The minimum absolute atomic E-state index is 0.102. The Morgan fingerprint density at radius 3 is 2.30 bits per heavy atom. The summed E-state index contributed by atoms with van der Waals surface area (Å²) in [5.74, 6) is -6.16. The maximum atomic E-state index is 12.0. The minimum atomic E-state index is -1.74. The third kappa shape index (κ3) is 3.46. The summed E-state index contributed by atoms with van der Waals surface area (Å²) in [4.78, 5) is 46.6. The highest BCUT2D eigenvalue weighted by Crippen LogP contribution is 2.41. The van der Waals surface area contributed by atoms with Gasteiger partial charge in [0, 0.05) is 5.57 Å². The fourth-order valence-corrected chi connectivity index (χ4v) is 2.92. The first-order chi connectivity index (χ1) is 12.5. The number of hydrogen-bond acceptors (Lipinski definition) is 5. The number of carbonyl (C=O) groups excluding carboxylic acids is 1. The molecule has 0 radical (unpaired) electrons.